The van der Waals surface area contributed by atoms with E-state index in [1.807, 2.05) is 40.1 Å². The number of methoxy groups -OCH3 is 1. The fraction of sp³-hybridized carbons (Fsp3) is 0.812. The van der Waals surface area contributed by atoms with Gasteiger partial charge in [-0.25, -0.2) is 8.42 Å². The molecular weight excluding hydrogens is 595 g/mol. The predicted octanol–water partition coefficient (Wildman–Crippen LogP) is 2.43. The third-order valence-electron chi connectivity index (χ3n) is 9.91. The average Bonchev–Trinajstić information content (AvgIpc) is 3.86. The van der Waals surface area contributed by atoms with Crippen molar-refractivity contribution in [2.24, 2.45) is 5.92 Å². The van der Waals surface area contributed by atoms with E-state index in [0.717, 1.165) is 69.8 Å². The van der Waals surface area contributed by atoms with Crippen LogP contribution in [0, 0.1) is 5.92 Å². The van der Waals surface area contributed by atoms with Crippen molar-refractivity contribution in [2.75, 3.05) is 67.5 Å². The van der Waals surface area contributed by atoms with E-state index in [9.17, 15) is 8.42 Å². The summed E-state index contributed by atoms with van der Waals surface area (Å²) in [5, 5.41) is 14.9. The van der Waals surface area contributed by atoms with Crippen LogP contribution in [0.5, 0.6) is 0 Å². The van der Waals surface area contributed by atoms with Crippen molar-refractivity contribution >= 4 is 21.6 Å². The molecule has 0 amide bonds. The van der Waals surface area contributed by atoms with Gasteiger partial charge in [0.05, 0.1) is 22.0 Å². The average molecular weight is 654 g/mol. The van der Waals surface area contributed by atoms with Crippen LogP contribution in [0.1, 0.15) is 53.4 Å². The summed E-state index contributed by atoms with van der Waals surface area (Å²) in [7, 11) is 4.70. The number of hydrogen-bond acceptors (Lipinski definition) is 11. The van der Waals surface area contributed by atoms with Crippen LogP contribution in [-0.2, 0) is 14.6 Å². The first kappa shape index (κ1) is 36.0. The molecular formula is C32H59N7O3S2. The molecule has 3 fully saturated rings. The van der Waals surface area contributed by atoms with Gasteiger partial charge in [-0.05, 0) is 97.8 Å². The van der Waals surface area contributed by atoms with Gasteiger partial charge in [0, 0.05) is 63.4 Å². The summed E-state index contributed by atoms with van der Waals surface area (Å²) >= 11 is 1.69. The molecule has 0 aromatic heterocycles. The predicted molar refractivity (Wildman–Crippen MR) is 182 cm³/mol. The largest absolute Gasteiger partial charge is 0.375 e. The minimum Gasteiger partial charge on any atom is -0.375 e. The topological polar surface area (TPSA) is 101 Å². The zero-order valence-corrected chi connectivity index (χ0v) is 29.9. The zero-order chi connectivity index (χ0) is 32.1. The van der Waals surface area contributed by atoms with E-state index < -0.39 is 14.6 Å². The van der Waals surface area contributed by atoms with Crippen molar-refractivity contribution in [1.29, 1.82) is 0 Å². The minimum absolute atomic E-state index is 0.0328. The van der Waals surface area contributed by atoms with E-state index in [2.05, 4.69) is 63.9 Å². The van der Waals surface area contributed by atoms with E-state index in [1.54, 1.807) is 23.9 Å². The van der Waals surface area contributed by atoms with Crippen molar-refractivity contribution in [3.8, 4) is 0 Å². The second-order valence-corrected chi connectivity index (χ2v) is 17.4. The SMILES string of the molecule is CCC(CC(C)NC)NC1NC(Sc2ccc(S(=O)(=O)C(C)(C)C3CC3)cc2)NC(N2CCN(CCN(C)C)CC2)C1OC. The van der Waals surface area contributed by atoms with Crippen molar-refractivity contribution in [3.63, 3.8) is 0 Å². The Morgan fingerprint density at radius 1 is 1.11 bits per heavy atom. The first-order valence-electron chi connectivity index (χ1n) is 16.5. The number of hydrogen-bond donors (Lipinski definition) is 4. The molecule has 2 aliphatic heterocycles. The van der Waals surface area contributed by atoms with Gasteiger partial charge in [0.15, 0.2) is 9.84 Å². The standard InChI is InChI=1S/C32H59N7O3S2/c1-9-25(22-23(2)33-5)34-29-28(42-8)30(39-20-18-38(19-21-39)17-16-37(6)7)36-31(35-29)43-26-12-14-27(15-13-26)44(40,41)32(3,4)24-10-11-24/h12-15,23-25,28-31,33-36H,9-11,16-22H2,1-8H3. The third-order valence-corrected chi connectivity index (χ3v) is 13.6. The summed E-state index contributed by atoms with van der Waals surface area (Å²) in [4.78, 5) is 8.77. The lowest BCUT2D eigenvalue weighted by molar-refractivity contribution is -0.0678. The molecule has 6 atom stereocenters. The zero-order valence-electron chi connectivity index (χ0n) is 28.3. The van der Waals surface area contributed by atoms with Crippen LogP contribution >= 0.6 is 11.8 Å². The second kappa shape index (κ2) is 15.9. The summed E-state index contributed by atoms with van der Waals surface area (Å²) in [5.41, 5.74) is -0.0831. The number of nitrogens with one attached hydrogen (secondary N) is 4. The Morgan fingerprint density at radius 3 is 2.32 bits per heavy atom. The molecule has 1 saturated carbocycles. The molecule has 10 nitrogen and oxygen atoms in total. The first-order valence-corrected chi connectivity index (χ1v) is 18.9. The molecule has 252 valence electrons. The molecule has 3 aliphatic rings. The van der Waals surface area contributed by atoms with Crippen LogP contribution in [0.15, 0.2) is 34.1 Å². The van der Waals surface area contributed by atoms with Gasteiger partial charge < -0.3 is 15.0 Å². The molecule has 2 saturated heterocycles. The van der Waals surface area contributed by atoms with Gasteiger partial charge in [0.1, 0.15) is 11.6 Å². The quantitative estimate of drug-likeness (QED) is 0.212. The number of piperazine rings is 1. The normalized spacial score (nSPS) is 27.5. The maximum atomic E-state index is 13.4. The third kappa shape index (κ3) is 8.96. The Kier molecular flexibility index (Phi) is 13.0. The molecule has 44 heavy (non-hydrogen) atoms. The van der Waals surface area contributed by atoms with Gasteiger partial charge in [-0.15, -0.1) is 0 Å². The van der Waals surface area contributed by atoms with E-state index in [-0.39, 0.29) is 29.9 Å². The molecule has 1 aromatic carbocycles. The summed E-state index contributed by atoms with van der Waals surface area (Å²) in [5.74, 6) is 0.255. The summed E-state index contributed by atoms with van der Waals surface area (Å²) in [6, 6.07) is 8.22. The lowest BCUT2D eigenvalue weighted by Gasteiger charge is -2.50. The van der Waals surface area contributed by atoms with Crippen LogP contribution < -0.4 is 21.3 Å². The number of rotatable bonds is 16. The highest BCUT2D eigenvalue weighted by molar-refractivity contribution is 7.99. The van der Waals surface area contributed by atoms with Crippen molar-refractivity contribution in [2.45, 2.75) is 104 Å². The number of thioether (sulfide) groups is 1. The number of benzene rings is 1. The monoisotopic (exact) mass is 653 g/mol. The first-order chi connectivity index (χ1) is 20.9. The fourth-order valence-electron chi connectivity index (χ4n) is 6.42. The van der Waals surface area contributed by atoms with Gasteiger partial charge in [-0.3, -0.25) is 25.8 Å². The Bertz CT molecular complexity index is 1130. The maximum absolute atomic E-state index is 13.4. The number of likely N-dealkylation sites (N-methyl/N-ethyl adjacent to an activating group) is 1. The minimum atomic E-state index is -3.40. The van der Waals surface area contributed by atoms with Gasteiger partial charge in [-0.1, -0.05) is 18.7 Å². The number of sulfone groups is 1. The van der Waals surface area contributed by atoms with E-state index in [4.69, 9.17) is 4.74 Å². The van der Waals surface area contributed by atoms with Crippen molar-refractivity contribution in [3.05, 3.63) is 24.3 Å². The van der Waals surface area contributed by atoms with Crippen LogP contribution in [0.4, 0.5) is 0 Å². The van der Waals surface area contributed by atoms with E-state index >= 15 is 0 Å². The smallest absolute Gasteiger partial charge is 0.183 e. The lowest BCUT2D eigenvalue weighted by atomic mass is 10.0. The number of ether oxygens (including phenoxy) is 1. The van der Waals surface area contributed by atoms with E-state index in [0.29, 0.717) is 17.0 Å². The molecule has 4 N–H and O–H groups in total. The highest BCUT2D eigenvalue weighted by Gasteiger charge is 2.48. The van der Waals surface area contributed by atoms with Gasteiger partial charge in [-0.2, -0.15) is 0 Å². The lowest BCUT2D eigenvalue weighted by Crippen LogP contribution is -2.75. The van der Waals surface area contributed by atoms with Crippen LogP contribution in [-0.4, -0.2) is 131 Å². The summed E-state index contributed by atoms with van der Waals surface area (Å²) < 4.78 is 32.3. The second-order valence-electron chi connectivity index (χ2n) is 13.7. The molecule has 1 aliphatic carbocycles. The highest BCUT2D eigenvalue weighted by atomic mass is 32.2. The number of nitrogens with zero attached hydrogens (tertiary/aromatic N) is 3. The molecule has 2 heterocycles. The van der Waals surface area contributed by atoms with Crippen molar-refractivity contribution in [1.82, 2.24) is 36.0 Å². The fourth-order valence-corrected chi connectivity index (χ4v) is 9.18. The Balaban J connectivity index is 1.49. The van der Waals surface area contributed by atoms with Crippen molar-refractivity contribution < 1.29 is 13.2 Å². The summed E-state index contributed by atoms with van der Waals surface area (Å²) in [6.07, 6.45) is 3.93. The van der Waals surface area contributed by atoms with Gasteiger partial charge >= 0.3 is 0 Å². The highest BCUT2D eigenvalue weighted by Crippen LogP contribution is 2.46. The Morgan fingerprint density at radius 2 is 1.77 bits per heavy atom. The van der Waals surface area contributed by atoms with Crippen LogP contribution in [0.25, 0.3) is 0 Å². The molecule has 0 bridgehead atoms. The molecule has 12 heteroatoms. The Hall–Kier alpha value is -0.800. The maximum Gasteiger partial charge on any atom is 0.183 e. The molecule has 1 aromatic rings. The van der Waals surface area contributed by atoms with Gasteiger partial charge in [0.2, 0.25) is 0 Å². The Labute approximate surface area is 271 Å². The molecule has 0 spiro atoms. The molecule has 6 unspecified atom stereocenters. The van der Waals surface area contributed by atoms with E-state index in [1.165, 1.54) is 0 Å². The molecule has 0 radical (unpaired) electrons. The summed E-state index contributed by atoms with van der Waals surface area (Å²) in [6.45, 7) is 14.4. The molecule has 4 rings (SSSR count). The van der Waals surface area contributed by atoms with Crippen LogP contribution in [0.2, 0.25) is 0 Å². The van der Waals surface area contributed by atoms with Crippen LogP contribution in [0.3, 0.4) is 0 Å². The van der Waals surface area contributed by atoms with Gasteiger partial charge in [0.25, 0.3) is 0 Å².